The van der Waals surface area contributed by atoms with Gasteiger partial charge in [0.05, 0.1) is 24.1 Å². The SMILES string of the molecule is CCOc1ccc(S(=O)(=O)N(C)CC(=O)NC2CCCc3ccccc32)cc1C. The Labute approximate surface area is 172 Å². The Morgan fingerprint density at radius 3 is 2.72 bits per heavy atom. The van der Waals surface area contributed by atoms with Crippen LogP contribution in [0.4, 0.5) is 0 Å². The molecule has 7 heteroatoms. The van der Waals surface area contributed by atoms with Gasteiger partial charge in [0.15, 0.2) is 0 Å². The topological polar surface area (TPSA) is 75.7 Å². The van der Waals surface area contributed by atoms with Gasteiger partial charge in [-0.1, -0.05) is 24.3 Å². The minimum atomic E-state index is -3.77. The molecule has 0 aliphatic heterocycles. The Morgan fingerprint density at radius 1 is 1.24 bits per heavy atom. The van der Waals surface area contributed by atoms with Gasteiger partial charge in [-0.15, -0.1) is 0 Å². The molecule has 6 nitrogen and oxygen atoms in total. The van der Waals surface area contributed by atoms with E-state index in [0.717, 1.165) is 34.7 Å². The molecular weight excluding hydrogens is 388 g/mol. The summed E-state index contributed by atoms with van der Waals surface area (Å²) in [6.45, 7) is 3.96. The molecule has 0 bridgehead atoms. The first-order valence-electron chi connectivity index (χ1n) is 9.90. The van der Waals surface area contributed by atoms with Crippen LogP contribution in [0.25, 0.3) is 0 Å². The summed E-state index contributed by atoms with van der Waals surface area (Å²) < 4.78 is 32.3. The molecule has 1 amide bonds. The highest BCUT2D eigenvalue weighted by atomic mass is 32.2. The van der Waals surface area contributed by atoms with Crippen LogP contribution in [0.2, 0.25) is 0 Å². The van der Waals surface area contributed by atoms with Gasteiger partial charge < -0.3 is 10.1 Å². The third-order valence-corrected chi connectivity index (χ3v) is 7.02. The number of nitrogens with one attached hydrogen (secondary N) is 1. The molecule has 1 aliphatic rings. The molecule has 0 saturated carbocycles. The highest BCUT2D eigenvalue weighted by Gasteiger charge is 2.26. The Kier molecular flexibility index (Phi) is 6.59. The first kappa shape index (κ1) is 21.3. The number of hydrogen-bond donors (Lipinski definition) is 1. The Morgan fingerprint density at radius 2 is 2.00 bits per heavy atom. The average molecular weight is 417 g/mol. The fourth-order valence-electron chi connectivity index (χ4n) is 3.71. The maximum Gasteiger partial charge on any atom is 0.243 e. The van der Waals surface area contributed by atoms with Crippen molar-refractivity contribution in [3.8, 4) is 5.75 Å². The molecule has 2 aromatic rings. The number of sulfonamides is 1. The molecule has 29 heavy (non-hydrogen) atoms. The zero-order valence-electron chi connectivity index (χ0n) is 17.1. The van der Waals surface area contributed by atoms with Crippen molar-refractivity contribution < 1.29 is 17.9 Å². The van der Waals surface area contributed by atoms with E-state index in [2.05, 4.69) is 11.4 Å². The number of benzene rings is 2. The number of nitrogens with zero attached hydrogens (tertiary/aromatic N) is 1. The molecule has 1 atom stereocenters. The number of amides is 1. The maximum atomic E-state index is 12.9. The normalized spacial score (nSPS) is 16.3. The number of ether oxygens (including phenoxy) is 1. The summed E-state index contributed by atoms with van der Waals surface area (Å²) in [5.41, 5.74) is 3.11. The van der Waals surface area contributed by atoms with E-state index in [1.807, 2.05) is 25.1 Å². The maximum absolute atomic E-state index is 12.9. The lowest BCUT2D eigenvalue weighted by Crippen LogP contribution is -2.40. The minimum absolute atomic E-state index is 0.0729. The second-order valence-corrected chi connectivity index (χ2v) is 9.38. The predicted molar refractivity (Wildman–Crippen MR) is 112 cm³/mol. The van der Waals surface area contributed by atoms with Crippen molar-refractivity contribution in [2.24, 2.45) is 0 Å². The highest BCUT2D eigenvalue weighted by Crippen LogP contribution is 2.29. The van der Waals surface area contributed by atoms with Gasteiger partial charge in [-0.05, 0) is 68.0 Å². The molecule has 0 heterocycles. The Hall–Kier alpha value is -2.38. The van der Waals surface area contributed by atoms with Gasteiger partial charge in [-0.3, -0.25) is 4.79 Å². The minimum Gasteiger partial charge on any atom is -0.494 e. The van der Waals surface area contributed by atoms with Crippen LogP contribution >= 0.6 is 0 Å². The third-order valence-electron chi connectivity index (χ3n) is 5.23. The Bertz CT molecular complexity index is 988. The number of rotatable bonds is 7. The van der Waals surface area contributed by atoms with Gasteiger partial charge in [0.2, 0.25) is 15.9 Å². The van der Waals surface area contributed by atoms with E-state index in [-0.39, 0.29) is 23.4 Å². The molecule has 3 rings (SSSR count). The van der Waals surface area contributed by atoms with Crippen LogP contribution in [0, 0.1) is 6.92 Å². The van der Waals surface area contributed by atoms with Gasteiger partial charge >= 0.3 is 0 Å². The lowest BCUT2D eigenvalue weighted by Gasteiger charge is -2.27. The van der Waals surface area contributed by atoms with Crippen molar-refractivity contribution in [2.45, 2.75) is 44.0 Å². The van der Waals surface area contributed by atoms with Crippen molar-refractivity contribution in [1.82, 2.24) is 9.62 Å². The van der Waals surface area contributed by atoms with Gasteiger partial charge in [0.25, 0.3) is 0 Å². The number of aryl methyl sites for hydroxylation is 2. The van der Waals surface area contributed by atoms with Crippen LogP contribution in [0.15, 0.2) is 47.4 Å². The summed E-state index contributed by atoms with van der Waals surface area (Å²) in [5.74, 6) is 0.350. The molecule has 1 N–H and O–H groups in total. The van der Waals surface area contributed by atoms with E-state index in [1.165, 1.54) is 18.7 Å². The largest absolute Gasteiger partial charge is 0.494 e. The van der Waals surface area contributed by atoms with Crippen molar-refractivity contribution >= 4 is 15.9 Å². The second-order valence-electron chi connectivity index (χ2n) is 7.33. The van der Waals surface area contributed by atoms with Crippen LogP contribution in [0.5, 0.6) is 5.75 Å². The summed E-state index contributed by atoms with van der Waals surface area (Å²) in [6, 6.07) is 12.7. The zero-order chi connectivity index (χ0) is 21.0. The van der Waals surface area contributed by atoms with Crippen LogP contribution in [-0.2, 0) is 21.2 Å². The highest BCUT2D eigenvalue weighted by molar-refractivity contribution is 7.89. The summed E-state index contributed by atoms with van der Waals surface area (Å²) in [7, 11) is -2.35. The van der Waals surface area contributed by atoms with Gasteiger partial charge in [-0.2, -0.15) is 4.31 Å². The molecule has 0 radical (unpaired) electrons. The van der Waals surface area contributed by atoms with Crippen molar-refractivity contribution in [2.75, 3.05) is 20.2 Å². The number of hydrogen-bond acceptors (Lipinski definition) is 4. The van der Waals surface area contributed by atoms with E-state index >= 15 is 0 Å². The summed E-state index contributed by atoms with van der Waals surface area (Å²) in [5, 5.41) is 3.00. The number of carbonyl (C=O) groups excluding carboxylic acids is 1. The van der Waals surface area contributed by atoms with Crippen molar-refractivity contribution in [3.05, 3.63) is 59.2 Å². The fourth-order valence-corrected chi connectivity index (χ4v) is 4.92. The quantitative estimate of drug-likeness (QED) is 0.752. The van der Waals surface area contributed by atoms with Gasteiger partial charge in [0.1, 0.15) is 5.75 Å². The van der Waals surface area contributed by atoms with E-state index in [1.54, 1.807) is 19.1 Å². The van der Waals surface area contributed by atoms with Crippen LogP contribution in [-0.4, -0.2) is 38.8 Å². The van der Waals surface area contributed by atoms with Crippen molar-refractivity contribution in [3.63, 3.8) is 0 Å². The Balaban J connectivity index is 1.68. The van der Waals surface area contributed by atoms with Crippen molar-refractivity contribution in [1.29, 1.82) is 0 Å². The molecule has 156 valence electrons. The molecule has 0 saturated heterocycles. The number of fused-ring (bicyclic) bond motifs is 1. The molecular formula is C22H28N2O4S. The molecule has 0 fully saturated rings. The van der Waals surface area contributed by atoms with Crippen LogP contribution in [0.1, 0.15) is 42.5 Å². The van der Waals surface area contributed by atoms with Gasteiger partial charge in [-0.25, -0.2) is 8.42 Å². The summed E-state index contributed by atoms with van der Waals surface area (Å²) >= 11 is 0. The standard InChI is InChI=1S/C22H28N2O4S/c1-4-28-21-13-12-18(14-16(21)2)29(26,27)24(3)15-22(25)23-20-11-7-9-17-8-5-6-10-19(17)20/h5-6,8,10,12-14,20H,4,7,9,11,15H2,1-3H3,(H,23,25). The lowest BCUT2D eigenvalue weighted by molar-refractivity contribution is -0.122. The zero-order valence-corrected chi connectivity index (χ0v) is 18.0. The van der Waals surface area contributed by atoms with Gasteiger partial charge in [0, 0.05) is 7.05 Å². The first-order valence-corrected chi connectivity index (χ1v) is 11.3. The molecule has 2 aromatic carbocycles. The average Bonchev–Trinajstić information content (AvgIpc) is 2.69. The van der Waals surface area contributed by atoms with E-state index in [4.69, 9.17) is 4.74 Å². The van der Waals surface area contributed by atoms with Crippen LogP contribution in [0.3, 0.4) is 0 Å². The number of carbonyl (C=O) groups is 1. The lowest BCUT2D eigenvalue weighted by atomic mass is 9.88. The monoisotopic (exact) mass is 416 g/mol. The first-order chi connectivity index (χ1) is 13.8. The van der Waals surface area contributed by atoms with Crippen LogP contribution < -0.4 is 10.1 Å². The van der Waals surface area contributed by atoms with E-state index in [9.17, 15) is 13.2 Å². The second kappa shape index (κ2) is 8.97. The summed E-state index contributed by atoms with van der Waals surface area (Å²) in [6.07, 6.45) is 2.87. The van der Waals surface area contributed by atoms with E-state index < -0.39 is 10.0 Å². The summed E-state index contributed by atoms with van der Waals surface area (Å²) in [4.78, 5) is 12.7. The molecule has 0 aromatic heterocycles. The third kappa shape index (κ3) is 4.79. The smallest absolute Gasteiger partial charge is 0.243 e. The molecule has 1 aliphatic carbocycles. The molecule has 1 unspecified atom stereocenters. The van der Waals surface area contributed by atoms with E-state index in [0.29, 0.717) is 12.4 Å². The molecule has 0 spiro atoms. The predicted octanol–water partition coefficient (Wildman–Crippen LogP) is 3.21. The fraction of sp³-hybridized carbons (Fsp3) is 0.409. The number of likely N-dealkylation sites (N-methyl/N-ethyl adjacent to an activating group) is 1.